The molecule has 0 fully saturated rings. The third kappa shape index (κ3) is 3.07. The molecule has 0 radical (unpaired) electrons. The van der Waals surface area contributed by atoms with Crippen LogP contribution < -0.4 is 15.6 Å². The van der Waals surface area contributed by atoms with Gasteiger partial charge in [0.2, 0.25) is 7.22 Å². The first-order valence-electron chi connectivity index (χ1n) is 7.00. The van der Waals surface area contributed by atoms with Crippen molar-refractivity contribution < 1.29 is 13.2 Å². The average Bonchev–Trinajstić information content (AvgIpc) is 2.56. The van der Waals surface area contributed by atoms with Gasteiger partial charge in [0.05, 0.1) is 0 Å². The quantitative estimate of drug-likeness (QED) is 0.421. The maximum absolute atomic E-state index is 13.3. The molecule has 3 rings (SSSR count). The highest BCUT2D eigenvalue weighted by molar-refractivity contribution is 8.19. The van der Waals surface area contributed by atoms with Crippen molar-refractivity contribution in [3.8, 4) is 0 Å². The lowest BCUT2D eigenvalue weighted by atomic mass is 10.3. The number of hydrogen-bond acceptors (Lipinski definition) is 1. The lowest BCUT2D eigenvalue weighted by Gasteiger charge is -2.28. The largest absolute Gasteiger partial charge is 0.207 e. The third-order valence-corrected chi connectivity index (χ3v) is 9.62. The fraction of sp³-hybridized carbons (Fsp3) is 0. The maximum atomic E-state index is 13.3. The molecule has 0 aliphatic carbocycles. The van der Waals surface area contributed by atoms with Crippen LogP contribution in [0.25, 0.3) is 0 Å². The zero-order chi connectivity index (χ0) is 16.4. The van der Waals surface area contributed by atoms with E-state index in [1.807, 2.05) is 0 Å². The molecule has 3 aromatic carbocycles. The van der Waals surface area contributed by atoms with Crippen LogP contribution in [-0.2, 0) is 0 Å². The molecule has 5 heteroatoms. The van der Waals surface area contributed by atoms with Gasteiger partial charge in [-0.3, -0.25) is 0 Å². The molecule has 0 aliphatic heterocycles. The van der Waals surface area contributed by atoms with Crippen molar-refractivity contribution in [2.75, 3.05) is 0 Å². The highest BCUT2D eigenvalue weighted by Gasteiger charge is 2.36. The van der Waals surface area contributed by atoms with Gasteiger partial charge in [-0.05, 0) is 52.0 Å². The Morgan fingerprint density at radius 3 is 0.913 bits per heavy atom. The molecule has 0 spiro atoms. The SMILES string of the molecule is Fc1ccc([Si](S)(c2ccc(F)cc2)c2ccc(F)cc2)cc1. The Bertz CT molecular complexity index is 688. The van der Waals surface area contributed by atoms with Crippen LogP contribution >= 0.6 is 12.1 Å². The lowest BCUT2D eigenvalue weighted by molar-refractivity contribution is 0.628. The van der Waals surface area contributed by atoms with Crippen molar-refractivity contribution in [1.29, 1.82) is 0 Å². The molecular formula is C18H13F3SSi. The monoisotopic (exact) mass is 346 g/mol. The van der Waals surface area contributed by atoms with Crippen LogP contribution in [0.3, 0.4) is 0 Å². The van der Waals surface area contributed by atoms with Crippen LogP contribution in [0.5, 0.6) is 0 Å². The summed E-state index contributed by atoms with van der Waals surface area (Å²) in [5, 5.41) is 2.54. The minimum atomic E-state index is -2.75. The molecule has 0 amide bonds. The summed E-state index contributed by atoms with van der Waals surface area (Å²) in [7, 11) is -2.75. The van der Waals surface area contributed by atoms with Crippen LogP contribution in [0.2, 0.25) is 0 Å². The molecule has 0 aliphatic rings. The molecule has 0 aromatic heterocycles. The van der Waals surface area contributed by atoms with E-state index in [9.17, 15) is 13.2 Å². The van der Waals surface area contributed by atoms with E-state index in [-0.39, 0.29) is 17.5 Å². The molecule has 0 unspecified atom stereocenters. The topological polar surface area (TPSA) is 0 Å². The van der Waals surface area contributed by atoms with Gasteiger partial charge in [-0.25, -0.2) is 13.2 Å². The van der Waals surface area contributed by atoms with Crippen molar-refractivity contribution in [2.45, 2.75) is 0 Å². The molecule has 116 valence electrons. The molecule has 0 nitrogen and oxygen atoms in total. The Morgan fingerprint density at radius 1 is 0.478 bits per heavy atom. The fourth-order valence-corrected chi connectivity index (χ4v) is 6.86. The minimum absolute atomic E-state index is 0.336. The molecule has 0 N–H and O–H groups in total. The summed E-state index contributed by atoms with van der Waals surface area (Å²) in [5.41, 5.74) is 0. The van der Waals surface area contributed by atoms with E-state index < -0.39 is 7.22 Å². The van der Waals surface area contributed by atoms with Crippen LogP contribution in [-0.4, -0.2) is 7.22 Å². The molecular weight excluding hydrogens is 333 g/mol. The second-order valence-corrected chi connectivity index (χ2v) is 10.4. The van der Waals surface area contributed by atoms with E-state index in [0.717, 1.165) is 15.6 Å². The van der Waals surface area contributed by atoms with Crippen LogP contribution in [0.15, 0.2) is 72.8 Å². The number of thiol groups is 1. The first-order valence-corrected chi connectivity index (χ1v) is 10.3. The molecule has 0 saturated heterocycles. The van der Waals surface area contributed by atoms with Gasteiger partial charge >= 0.3 is 0 Å². The summed E-state index contributed by atoms with van der Waals surface area (Å²) in [5.74, 6) is -1.01. The Morgan fingerprint density at radius 2 is 0.696 bits per heavy atom. The maximum Gasteiger partial charge on any atom is 0.206 e. The zero-order valence-corrected chi connectivity index (χ0v) is 13.9. The minimum Gasteiger partial charge on any atom is -0.207 e. The first kappa shape index (κ1) is 15.9. The summed E-state index contributed by atoms with van der Waals surface area (Å²) in [6.07, 6.45) is 0. The number of halogens is 3. The molecule has 0 heterocycles. The van der Waals surface area contributed by atoms with E-state index in [4.69, 9.17) is 12.1 Å². The second kappa shape index (κ2) is 6.26. The standard InChI is InChI=1S/C18H13F3SSi/c19-13-1-7-16(8-2-13)23(22,17-9-3-14(20)4-10-17)18-11-5-15(21)6-12-18/h1-12,22H. The van der Waals surface area contributed by atoms with Gasteiger partial charge in [0.1, 0.15) is 17.5 Å². The highest BCUT2D eigenvalue weighted by Crippen LogP contribution is 2.13. The van der Waals surface area contributed by atoms with E-state index in [1.54, 1.807) is 36.4 Å². The molecule has 23 heavy (non-hydrogen) atoms. The summed E-state index contributed by atoms with van der Waals surface area (Å²) in [4.78, 5) is 0. The van der Waals surface area contributed by atoms with Gasteiger partial charge in [-0.1, -0.05) is 36.4 Å². The van der Waals surface area contributed by atoms with Gasteiger partial charge in [0.25, 0.3) is 0 Å². The summed E-state index contributed by atoms with van der Waals surface area (Å²) in [6, 6.07) is 18.3. The van der Waals surface area contributed by atoms with Gasteiger partial charge in [0.15, 0.2) is 0 Å². The number of hydrogen-bond donors (Lipinski definition) is 1. The highest BCUT2D eigenvalue weighted by atomic mass is 32.3. The fourth-order valence-electron chi connectivity index (χ4n) is 2.57. The van der Waals surface area contributed by atoms with Gasteiger partial charge in [-0.15, -0.1) is 0 Å². The normalized spacial score (nSPS) is 11.5. The summed E-state index contributed by atoms with van der Waals surface area (Å²) < 4.78 is 39.8. The Balaban J connectivity index is 2.21. The third-order valence-electron chi connectivity index (χ3n) is 3.79. The van der Waals surface area contributed by atoms with Crippen molar-refractivity contribution >= 4 is 34.9 Å². The van der Waals surface area contributed by atoms with Crippen molar-refractivity contribution in [3.05, 3.63) is 90.2 Å². The number of rotatable bonds is 3. The molecule has 0 atom stereocenters. The van der Waals surface area contributed by atoms with E-state index in [2.05, 4.69) is 0 Å². The predicted octanol–water partition coefficient (Wildman–Crippen LogP) is 3.00. The van der Waals surface area contributed by atoms with Gasteiger partial charge in [-0.2, -0.15) is 12.1 Å². The average molecular weight is 346 g/mol. The first-order chi connectivity index (χ1) is 11.0. The molecule has 0 bridgehead atoms. The zero-order valence-electron chi connectivity index (χ0n) is 12.0. The predicted molar refractivity (Wildman–Crippen MR) is 92.8 cm³/mol. The van der Waals surface area contributed by atoms with E-state index in [1.165, 1.54) is 36.4 Å². The van der Waals surface area contributed by atoms with Gasteiger partial charge in [0, 0.05) is 0 Å². The Hall–Kier alpha value is -1.98. The molecule has 0 saturated carbocycles. The van der Waals surface area contributed by atoms with Crippen LogP contribution in [0.4, 0.5) is 13.2 Å². The Kier molecular flexibility index (Phi) is 4.32. The van der Waals surface area contributed by atoms with Crippen molar-refractivity contribution in [3.63, 3.8) is 0 Å². The van der Waals surface area contributed by atoms with Crippen LogP contribution in [0.1, 0.15) is 0 Å². The summed E-state index contributed by atoms with van der Waals surface area (Å²) in [6.45, 7) is 0. The summed E-state index contributed by atoms with van der Waals surface area (Å²) >= 11 is 4.96. The van der Waals surface area contributed by atoms with Gasteiger partial charge < -0.3 is 0 Å². The van der Waals surface area contributed by atoms with E-state index in [0.29, 0.717) is 0 Å². The number of benzene rings is 3. The van der Waals surface area contributed by atoms with Crippen molar-refractivity contribution in [1.82, 2.24) is 0 Å². The van der Waals surface area contributed by atoms with E-state index >= 15 is 0 Å². The Labute approximate surface area is 138 Å². The van der Waals surface area contributed by atoms with Crippen molar-refractivity contribution in [2.24, 2.45) is 0 Å². The molecule has 3 aromatic rings. The lowest BCUT2D eigenvalue weighted by Crippen LogP contribution is -2.63. The van der Waals surface area contributed by atoms with Crippen LogP contribution in [0, 0.1) is 17.5 Å². The smallest absolute Gasteiger partial charge is 0.206 e. The second-order valence-electron chi connectivity index (χ2n) is 5.23.